The number of rotatable bonds is 13. The van der Waals surface area contributed by atoms with Crippen LogP contribution in [0.1, 0.15) is 18.1 Å². The van der Waals surface area contributed by atoms with Crippen LogP contribution in [0.25, 0.3) is 0 Å². The van der Waals surface area contributed by atoms with Crippen molar-refractivity contribution in [3.63, 3.8) is 0 Å². The van der Waals surface area contributed by atoms with Gasteiger partial charge in [0.1, 0.15) is 18.5 Å². The summed E-state index contributed by atoms with van der Waals surface area (Å²) in [5.41, 5.74) is 2.46. The second-order valence-electron chi connectivity index (χ2n) is 8.09. The van der Waals surface area contributed by atoms with Crippen molar-refractivity contribution in [2.45, 2.75) is 30.9 Å². The van der Waals surface area contributed by atoms with E-state index in [0.717, 1.165) is 17.5 Å². The Morgan fingerprint density at radius 1 is 0.971 bits per heavy atom. The number of sulfonamides is 1. The number of hydrogen-bond donors (Lipinski definition) is 4. The molecule has 9 heteroatoms. The fourth-order valence-electron chi connectivity index (χ4n) is 3.28. The number of benzene rings is 3. The average molecular weight is 498 g/mol. The number of amides is 1. The molecule has 0 unspecified atom stereocenters. The highest BCUT2D eigenvalue weighted by Gasteiger charge is 2.13. The molecule has 1 amide bonds. The molecule has 0 spiro atoms. The van der Waals surface area contributed by atoms with Gasteiger partial charge in [-0.3, -0.25) is 9.52 Å². The molecule has 0 bridgehead atoms. The van der Waals surface area contributed by atoms with Gasteiger partial charge in [-0.25, -0.2) is 8.42 Å². The molecule has 1 atom stereocenters. The van der Waals surface area contributed by atoms with Crippen LogP contribution >= 0.6 is 0 Å². The van der Waals surface area contributed by atoms with E-state index in [1.165, 1.54) is 6.92 Å². The quantitative estimate of drug-likeness (QED) is 0.270. The van der Waals surface area contributed by atoms with Crippen molar-refractivity contribution in [2.24, 2.45) is 0 Å². The summed E-state index contributed by atoms with van der Waals surface area (Å²) in [6.07, 6.45) is 0.0496. The Balaban J connectivity index is 1.36. The summed E-state index contributed by atoms with van der Waals surface area (Å²) in [5.74, 6) is 0.538. The van der Waals surface area contributed by atoms with Crippen LogP contribution in [0, 0.1) is 0 Å². The van der Waals surface area contributed by atoms with Gasteiger partial charge in [0.05, 0.1) is 4.90 Å². The summed E-state index contributed by atoms with van der Waals surface area (Å²) in [6.45, 7) is 3.07. The van der Waals surface area contributed by atoms with Gasteiger partial charge in [-0.15, -0.1) is 0 Å². The first-order valence-corrected chi connectivity index (χ1v) is 12.8. The predicted molar refractivity (Wildman–Crippen MR) is 136 cm³/mol. The predicted octanol–water partition coefficient (Wildman–Crippen LogP) is 2.70. The molecule has 186 valence electrons. The highest BCUT2D eigenvalue weighted by Crippen LogP contribution is 2.17. The lowest BCUT2D eigenvalue weighted by Gasteiger charge is -2.14. The number of aliphatic hydroxyl groups excluding tert-OH is 1. The molecule has 4 N–H and O–H groups in total. The first-order valence-electron chi connectivity index (χ1n) is 11.3. The number of carbonyl (C=O) groups is 1. The van der Waals surface area contributed by atoms with Crippen LogP contribution in [-0.2, 0) is 27.8 Å². The van der Waals surface area contributed by atoms with Gasteiger partial charge in [-0.2, -0.15) is 0 Å². The van der Waals surface area contributed by atoms with Gasteiger partial charge in [0.25, 0.3) is 10.0 Å². The maximum Gasteiger partial charge on any atom is 0.261 e. The molecule has 3 aromatic rings. The molecule has 3 rings (SSSR count). The largest absolute Gasteiger partial charge is 0.491 e. The molecule has 0 saturated carbocycles. The van der Waals surface area contributed by atoms with Crippen LogP contribution in [0.15, 0.2) is 83.8 Å². The maximum absolute atomic E-state index is 12.4. The molecule has 0 aromatic heterocycles. The van der Waals surface area contributed by atoms with Crippen LogP contribution in [0.5, 0.6) is 5.75 Å². The number of ether oxygens (including phenoxy) is 1. The topological polar surface area (TPSA) is 117 Å². The standard InChI is InChI=1S/C26H31N3O5S/c1-20(30)28-17-22-6-5-7-25(16-22)34-19-24(31)18-27-15-14-21-10-12-23(13-11-21)29-35(32,33)26-8-3-2-4-9-26/h2-13,16,24,27,29,31H,14-15,17-19H2,1H3,(H,28,30)/t24-/m0/s1. The molecule has 0 aliphatic carbocycles. The fourth-order valence-corrected chi connectivity index (χ4v) is 4.36. The Labute approximate surface area is 206 Å². The second-order valence-corrected chi connectivity index (χ2v) is 9.77. The lowest BCUT2D eigenvalue weighted by atomic mass is 10.1. The zero-order valence-corrected chi connectivity index (χ0v) is 20.4. The molecule has 0 saturated heterocycles. The number of aliphatic hydroxyl groups is 1. The van der Waals surface area contributed by atoms with Crippen molar-refractivity contribution in [1.82, 2.24) is 10.6 Å². The van der Waals surface area contributed by atoms with Crippen molar-refractivity contribution in [1.29, 1.82) is 0 Å². The first kappa shape index (κ1) is 26.2. The van der Waals surface area contributed by atoms with Gasteiger partial charge in [-0.1, -0.05) is 42.5 Å². The summed E-state index contributed by atoms with van der Waals surface area (Å²) in [7, 11) is -3.61. The highest BCUT2D eigenvalue weighted by atomic mass is 32.2. The minimum Gasteiger partial charge on any atom is -0.491 e. The summed E-state index contributed by atoms with van der Waals surface area (Å²) in [5, 5.41) is 16.1. The molecule has 0 aliphatic heterocycles. The molecule has 0 radical (unpaired) electrons. The molecule has 8 nitrogen and oxygen atoms in total. The van der Waals surface area contributed by atoms with E-state index in [0.29, 0.717) is 31.1 Å². The summed E-state index contributed by atoms with van der Waals surface area (Å²) in [4.78, 5) is 11.3. The Morgan fingerprint density at radius 3 is 2.43 bits per heavy atom. The van der Waals surface area contributed by atoms with Crippen LogP contribution in [0.4, 0.5) is 5.69 Å². The van der Waals surface area contributed by atoms with Gasteiger partial charge in [0.15, 0.2) is 0 Å². The minimum atomic E-state index is -3.61. The van der Waals surface area contributed by atoms with Gasteiger partial charge in [0.2, 0.25) is 5.91 Å². The Kier molecular flexibility index (Phi) is 9.66. The maximum atomic E-state index is 12.4. The Hall–Kier alpha value is -3.40. The third kappa shape index (κ3) is 9.05. The van der Waals surface area contributed by atoms with E-state index in [1.807, 2.05) is 30.3 Å². The van der Waals surface area contributed by atoms with Crippen LogP contribution in [0.2, 0.25) is 0 Å². The zero-order valence-electron chi connectivity index (χ0n) is 19.6. The van der Waals surface area contributed by atoms with E-state index in [-0.39, 0.29) is 17.4 Å². The SMILES string of the molecule is CC(=O)NCc1cccc(OC[C@@H](O)CNCCc2ccc(NS(=O)(=O)c3ccccc3)cc2)c1. The third-order valence-corrected chi connectivity index (χ3v) is 6.51. The summed E-state index contributed by atoms with van der Waals surface area (Å²) < 4.78 is 33.0. The van der Waals surface area contributed by atoms with E-state index < -0.39 is 16.1 Å². The highest BCUT2D eigenvalue weighted by molar-refractivity contribution is 7.92. The molecule has 0 heterocycles. The molecule has 0 fully saturated rings. The van der Waals surface area contributed by atoms with Crippen LogP contribution < -0.4 is 20.1 Å². The number of carbonyl (C=O) groups excluding carboxylic acids is 1. The van der Waals surface area contributed by atoms with E-state index in [2.05, 4.69) is 15.4 Å². The third-order valence-electron chi connectivity index (χ3n) is 5.11. The van der Waals surface area contributed by atoms with Crippen molar-refractivity contribution in [2.75, 3.05) is 24.4 Å². The lowest BCUT2D eigenvalue weighted by molar-refractivity contribution is -0.119. The number of hydrogen-bond acceptors (Lipinski definition) is 6. The number of nitrogens with one attached hydrogen (secondary N) is 3. The minimum absolute atomic E-state index is 0.0959. The second kappa shape index (κ2) is 12.9. The van der Waals surface area contributed by atoms with Gasteiger partial charge < -0.3 is 20.5 Å². The van der Waals surface area contributed by atoms with Crippen molar-refractivity contribution in [3.05, 3.63) is 90.0 Å². The Morgan fingerprint density at radius 2 is 1.71 bits per heavy atom. The van der Waals surface area contributed by atoms with E-state index >= 15 is 0 Å². The van der Waals surface area contributed by atoms with Crippen LogP contribution in [-0.4, -0.2) is 45.2 Å². The smallest absolute Gasteiger partial charge is 0.261 e. The molecule has 3 aromatic carbocycles. The number of anilines is 1. The van der Waals surface area contributed by atoms with Crippen LogP contribution in [0.3, 0.4) is 0 Å². The van der Waals surface area contributed by atoms with E-state index in [9.17, 15) is 18.3 Å². The first-order chi connectivity index (χ1) is 16.8. The van der Waals surface area contributed by atoms with Gasteiger partial charge >= 0.3 is 0 Å². The van der Waals surface area contributed by atoms with E-state index in [1.54, 1.807) is 48.5 Å². The molecule has 0 aliphatic rings. The summed E-state index contributed by atoms with van der Waals surface area (Å²) >= 11 is 0. The molecular formula is C26H31N3O5S. The van der Waals surface area contributed by atoms with Gasteiger partial charge in [0, 0.05) is 25.7 Å². The normalized spacial score (nSPS) is 12.1. The molecule has 35 heavy (non-hydrogen) atoms. The average Bonchev–Trinajstić information content (AvgIpc) is 2.86. The summed E-state index contributed by atoms with van der Waals surface area (Å²) in [6, 6.07) is 22.8. The van der Waals surface area contributed by atoms with Gasteiger partial charge in [-0.05, 0) is 60.5 Å². The Bertz CT molecular complexity index is 1190. The van der Waals surface area contributed by atoms with Crippen molar-refractivity contribution in [3.8, 4) is 5.75 Å². The lowest BCUT2D eigenvalue weighted by Crippen LogP contribution is -2.32. The van der Waals surface area contributed by atoms with Crippen molar-refractivity contribution >= 4 is 21.6 Å². The zero-order chi connectivity index (χ0) is 25.1. The fraction of sp³-hybridized carbons (Fsp3) is 0.269. The molecular weight excluding hydrogens is 466 g/mol. The van der Waals surface area contributed by atoms with Crippen molar-refractivity contribution < 1.29 is 23.1 Å². The monoisotopic (exact) mass is 497 g/mol. The van der Waals surface area contributed by atoms with E-state index in [4.69, 9.17) is 4.74 Å².